The summed E-state index contributed by atoms with van der Waals surface area (Å²) in [6.07, 6.45) is 0. The van der Waals surface area contributed by atoms with E-state index in [0.717, 1.165) is 31.7 Å². The van der Waals surface area contributed by atoms with Crippen molar-refractivity contribution in [2.75, 3.05) is 11.2 Å². The number of nitrogens with two attached hydrogens (primary N) is 1. The molecule has 0 aliphatic heterocycles. The maximum Gasteiger partial charge on any atom is 0.307 e. The predicted molar refractivity (Wildman–Crippen MR) is 155 cm³/mol. The maximum atomic E-state index is 11.5. The van der Waals surface area contributed by atoms with Gasteiger partial charge in [0.05, 0.1) is 27.4 Å². The second kappa shape index (κ2) is 13.3. The van der Waals surface area contributed by atoms with Crippen LogP contribution in [0.1, 0.15) is 5.56 Å². The highest BCUT2D eigenvalue weighted by Gasteiger charge is 2.20. The molecule has 13 heteroatoms. The Labute approximate surface area is 245 Å². The topological polar surface area (TPSA) is 151 Å². The first-order chi connectivity index (χ1) is 17.8. The lowest BCUT2D eigenvalue weighted by molar-refractivity contribution is -0.393. The van der Waals surface area contributed by atoms with Crippen LogP contribution in [-0.2, 0) is 0 Å². The average molecular weight is 707 g/mol. The number of hydrogen-bond donors (Lipinski definition) is 3. The van der Waals surface area contributed by atoms with Gasteiger partial charge in [0.1, 0.15) is 11.4 Å². The molecule has 0 aromatic heterocycles. The van der Waals surface area contributed by atoms with Crippen molar-refractivity contribution in [3.63, 3.8) is 0 Å². The van der Waals surface area contributed by atoms with E-state index in [1.54, 1.807) is 0 Å². The smallest absolute Gasteiger partial charge is 0.307 e. The first kappa shape index (κ1) is 29.0. The number of rotatable bonds is 8. The molecular formula is C25H20BrIN6O4S. The molecule has 4 aromatic rings. The molecule has 0 heterocycles. The third kappa shape index (κ3) is 7.26. The minimum absolute atomic E-state index is 0. The molecule has 0 saturated heterocycles. The maximum absolute atomic E-state index is 11.5. The number of fused-ring (bicyclic) bond motifs is 1. The van der Waals surface area contributed by atoms with Gasteiger partial charge in [0.2, 0.25) is 0 Å². The molecule has 0 aliphatic carbocycles. The number of thioether (sulfide) groups is 1. The van der Waals surface area contributed by atoms with Crippen molar-refractivity contribution in [3.8, 4) is 0 Å². The molecular weight excluding hydrogens is 687 g/mol. The minimum Gasteiger partial charge on any atom is -1.00 e. The Balaban J connectivity index is 0.00000400. The molecule has 0 atom stereocenters. The second-order valence-corrected chi connectivity index (χ2v) is 9.96. The zero-order valence-electron chi connectivity index (χ0n) is 19.5. The summed E-state index contributed by atoms with van der Waals surface area (Å²) in [5.74, 6) is 0.345. The van der Waals surface area contributed by atoms with Crippen LogP contribution in [-0.4, -0.2) is 26.5 Å². The first-order valence-electron chi connectivity index (χ1n) is 10.8. The van der Waals surface area contributed by atoms with Crippen LogP contribution in [0.15, 0.2) is 90.0 Å². The number of anilines is 1. The lowest BCUT2D eigenvalue weighted by Gasteiger charge is -2.08. The zero-order valence-corrected chi connectivity index (χ0v) is 24.1. The Bertz CT molecular complexity index is 1540. The summed E-state index contributed by atoms with van der Waals surface area (Å²) in [6, 6.07) is 24.9. The van der Waals surface area contributed by atoms with E-state index in [2.05, 4.69) is 38.1 Å². The molecule has 0 amide bonds. The summed E-state index contributed by atoms with van der Waals surface area (Å²) in [7, 11) is 0. The lowest BCUT2D eigenvalue weighted by Crippen LogP contribution is -3.00. The monoisotopic (exact) mass is 706 g/mol. The van der Waals surface area contributed by atoms with E-state index in [1.807, 2.05) is 66.7 Å². The highest BCUT2D eigenvalue weighted by molar-refractivity contribution is 14.1. The van der Waals surface area contributed by atoms with Gasteiger partial charge in [-0.05, 0) is 69.6 Å². The van der Waals surface area contributed by atoms with Crippen LogP contribution < -0.4 is 33.1 Å². The van der Waals surface area contributed by atoms with Crippen molar-refractivity contribution >= 4 is 78.8 Å². The van der Waals surface area contributed by atoms with E-state index in [1.165, 1.54) is 23.9 Å². The molecule has 38 heavy (non-hydrogen) atoms. The van der Waals surface area contributed by atoms with Gasteiger partial charge >= 0.3 is 10.9 Å². The summed E-state index contributed by atoms with van der Waals surface area (Å²) >= 11 is 3.52. The Morgan fingerprint density at radius 2 is 1.68 bits per heavy atom. The molecule has 0 bridgehead atoms. The molecule has 194 valence electrons. The van der Waals surface area contributed by atoms with Crippen LogP contribution in [0.5, 0.6) is 0 Å². The van der Waals surface area contributed by atoms with E-state index in [-0.39, 0.29) is 28.4 Å². The van der Waals surface area contributed by atoms with Crippen LogP contribution in [0.4, 0.5) is 22.7 Å². The molecule has 4 N–H and O–H groups in total. The number of nitrogens with zero attached hydrogens (tertiary/aromatic N) is 3. The average Bonchev–Trinajstić information content (AvgIpc) is 2.89. The van der Waals surface area contributed by atoms with Gasteiger partial charge in [-0.2, -0.15) is 5.10 Å². The molecule has 4 aromatic carbocycles. The minimum atomic E-state index is -0.690. The van der Waals surface area contributed by atoms with Crippen LogP contribution in [0.3, 0.4) is 0 Å². The van der Waals surface area contributed by atoms with E-state index in [9.17, 15) is 20.2 Å². The number of amidine groups is 1. The molecule has 0 fully saturated rings. The fourth-order valence-corrected chi connectivity index (χ4v) is 4.54. The van der Waals surface area contributed by atoms with Gasteiger partial charge in [-0.25, -0.2) is 4.99 Å². The normalized spacial score (nSPS) is 11.6. The van der Waals surface area contributed by atoms with Gasteiger partial charge in [-0.1, -0.05) is 48.5 Å². The lowest BCUT2D eigenvalue weighted by atomic mass is 10.1. The summed E-state index contributed by atoms with van der Waals surface area (Å²) in [4.78, 5) is 24.4. The van der Waals surface area contributed by atoms with Crippen molar-refractivity contribution in [2.24, 2.45) is 10.8 Å². The third-order valence-corrected chi connectivity index (χ3v) is 6.84. The largest absolute Gasteiger partial charge is 1.00 e. The number of benzene rings is 4. The summed E-state index contributed by atoms with van der Waals surface area (Å²) in [5.41, 5.74) is 10.5. The van der Waals surface area contributed by atoms with E-state index < -0.39 is 15.5 Å². The van der Waals surface area contributed by atoms with Gasteiger partial charge in [-0.3, -0.25) is 31.4 Å². The van der Waals surface area contributed by atoms with E-state index in [0.29, 0.717) is 16.6 Å². The van der Waals surface area contributed by atoms with Crippen LogP contribution in [0, 0.1) is 23.8 Å². The SMILES string of the molecule is NC(=[NH+]c1cccc2ccccc12)SC/C(=N/Nc1ccc([N+](=O)[O-])cc1[N+](=O)[O-])c1ccc(I)cc1.[Br-]. The number of non-ortho nitro benzene ring substituents is 1. The first-order valence-corrected chi connectivity index (χ1v) is 12.9. The standard InChI is InChI=1S/C25H19IN6O4S.BrH/c26-18-10-8-17(9-11-18)23(30-29-22-13-12-19(31(33)34)14-24(22)32(35)36)15-37-25(27)28-21-7-3-5-16-4-1-2-6-20(16)21;/h1-14,29H,15H2,(H2,27,28);1H/b30-23-;. The fourth-order valence-electron chi connectivity index (χ4n) is 3.48. The zero-order chi connectivity index (χ0) is 26.4. The van der Waals surface area contributed by atoms with Gasteiger partial charge in [0.25, 0.3) is 5.69 Å². The number of hydrazone groups is 1. The number of nitro benzene ring substituents is 2. The van der Waals surface area contributed by atoms with Crippen molar-refractivity contribution in [3.05, 3.63) is 114 Å². The second-order valence-electron chi connectivity index (χ2n) is 7.70. The molecule has 4 rings (SSSR count). The molecule has 0 saturated carbocycles. The Hall–Kier alpha value is -3.56. The van der Waals surface area contributed by atoms with E-state index >= 15 is 0 Å². The van der Waals surface area contributed by atoms with Crippen molar-refractivity contribution in [2.45, 2.75) is 0 Å². The number of hydrogen-bond acceptors (Lipinski definition) is 7. The predicted octanol–water partition coefficient (Wildman–Crippen LogP) is 1.54. The molecule has 0 radical (unpaired) electrons. The van der Waals surface area contributed by atoms with Crippen molar-refractivity contribution in [1.29, 1.82) is 0 Å². The summed E-state index contributed by atoms with van der Waals surface area (Å²) < 4.78 is 1.04. The third-order valence-electron chi connectivity index (χ3n) is 5.29. The summed E-state index contributed by atoms with van der Waals surface area (Å²) in [5, 5.41) is 29.5. The molecule has 0 unspecified atom stereocenters. The number of nitro groups is 2. The Kier molecular flexibility index (Phi) is 10.2. The quantitative estimate of drug-likeness (QED) is 0.0827. The summed E-state index contributed by atoms with van der Waals surface area (Å²) in [6.45, 7) is 0. The van der Waals surface area contributed by atoms with Crippen LogP contribution >= 0.6 is 34.4 Å². The van der Waals surface area contributed by atoms with E-state index in [4.69, 9.17) is 5.73 Å². The Morgan fingerprint density at radius 1 is 0.974 bits per heavy atom. The van der Waals surface area contributed by atoms with Gasteiger partial charge in [0.15, 0.2) is 0 Å². The number of nitrogens with one attached hydrogen (secondary N) is 2. The molecule has 10 nitrogen and oxygen atoms in total. The fraction of sp³-hybridized carbons (Fsp3) is 0.0400. The highest BCUT2D eigenvalue weighted by atomic mass is 127. The van der Waals surface area contributed by atoms with Gasteiger partial charge in [0, 0.05) is 15.0 Å². The van der Waals surface area contributed by atoms with Gasteiger partial charge < -0.3 is 17.0 Å². The Morgan fingerprint density at radius 3 is 2.39 bits per heavy atom. The van der Waals surface area contributed by atoms with Crippen LogP contribution in [0.2, 0.25) is 0 Å². The van der Waals surface area contributed by atoms with Crippen molar-refractivity contribution < 1.29 is 31.8 Å². The molecule has 0 spiro atoms. The van der Waals surface area contributed by atoms with Gasteiger partial charge in [-0.15, -0.1) is 0 Å². The highest BCUT2D eigenvalue weighted by Crippen LogP contribution is 2.29. The number of halogens is 2. The molecule has 0 aliphatic rings. The van der Waals surface area contributed by atoms with Crippen molar-refractivity contribution in [1.82, 2.24) is 0 Å². The van der Waals surface area contributed by atoms with Crippen LogP contribution in [0.25, 0.3) is 10.8 Å².